The number of hydrogen-bond donors (Lipinski definition) is 1. The number of nitriles is 1. The quantitative estimate of drug-likeness (QED) is 0.845. The van der Waals surface area contributed by atoms with Gasteiger partial charge in [-0.2, -0.15) is 5.26 Å². The highest BCUT2D eigenvalue weighted by molar-refractivity contribution is 6.36. The van der Waals surface area contributed by atoms with Crippen LogP contribution in [-0.4, -0.2) is 18.1 Å². The van der Waals surface area contributed by atoms with Crippen molar-refractivity contribution in [2.75, 3.05) is 0 Å². The van der Waals surface area contributed by atoms with Crippen LogP contribution in [0.25, 0.3) is 0 Å². The Labute approximate surface area is 141 Å². The third-order valence-electron chi connectivity index (χ3n) is 3.14. The van der Waals surface area contributed by atoms with E-state index in [2.05, 4.69) is 11.4 Å². The maximum atomic E-state index is 12.1. The first-order chi connectivity index (χ1) is 10.3. The summed E-state index contributed by atoms with van der Waals surface area (Å²) in [5.74, 6) is 0.356. The molecule has 0 aliphatic carbocycles. The molecule has 0 saturated carbocycles. The van der Waals surface area contributed by atoms with Crippen molar-refractivity contribution in [3.05, 3.63) is 27.7 Å². The zero-order valence-corrected chi connectivity index (χ0v) is 14.6. The van der Waals surface area contributed by atoms with E-state index in [9.17, 15) is 4.79 Å². The van der Waals surface area contributed by atoms with Crippen LogP contribution in [0, 0.1) is 24.2 Å². The topological polar surface area (TPSA) is 62.1 Å². The van der Waals surface area contributed by atoms with Crippen LogP contribution in [0.15, 0.2) is 12.1 Å². The van der Waals surface area contributed by atoms with Crippen LogP contribution in [0.5, 0.6) is 5.75 Å². The van der Waals surface area contributed by atoms with Crippen molar-refractivity contribution in [2.24, 2.45) is 5.92 Å². The first-order valence-electron chi connectivity index (χ1n) is 7.07. The molecule has 120 valence electrons. The lowest BCUT2D eigenvalue weighted by Gasteiger charge is -2.19. The van der Waals surface area contributed by atoms with Crippen LogP contribution in [0.1, 0.15) is 32.8 Å². The number of ether oxygens (including phenoxy) is 1. The van der Waals surface area contributed by atoms with Gasteiger partial charge in [0.2, 0.25) is 0 Å². The Balaban J connectivity index is 2.73. The second-order valence-corrected chi connectivity index (χ2v) is 6.35. The number of carbonyl (C=O) groups excluding carboxylic acids is 1. The molecular formula is C16H20Cl2N2O2. The smallest absolute Gasteiger partial charge is 0.261 e. The van der Waals surface area contributed by atoms with Crippen molar-refractivity contribution in [3.63, 3.8) is 0 Å². The van der Waals surface area contributed by atoms with Crippen molar-refractivity contribution >= 4 is 29.1 Å². The average molecular weight is 343 g/mol. The van der Waals surface area contributed by atoms with Gasteiger partial charge in [0.25, 0.3) is 5.91 Å². The molecule has 0 heterocycles. The first-order valence-corrected chi connectivity index (χ1v) is 7.83. The number of nitrogens with zero attached hydrogens (tertiary/aromatic N) is 1. The molecule has 0 aliphatic heterocycles. The van der Waals surface area contributed by atoms with Gasteiger partial charge in [-0.05, 0) is 43.9 Å². The first kappa shape index (κ1) is 18.6. The molecule has 1 N–H and O–H groups in total. The third kappa shape index (κ3) is 5.08. The number of amides is 1. The Morgan fingerprint density at radius 3 is 2.55 bits per heavy atom. The second-order valence-electron chi connectivity index (χ2n) is 5.56. The normalized spacial score (nSPS) is 13.4. The summed E-state index contributed by atoms with van der Waals surface area (Å²) in [4.78, 5) is 12.1. The summed E-state index contributed by atoms with van der Waals surface area (Å²) in [5.41, 5.74) is 0.697. The van der Waals surface area contributed by atoms with Crippen LogP contribution < -0.4 is 10.1 Å². The van der Waals surface area contributed by atoms with Crippen LogP contribution in [-0.2, 0) is 4.79 Å². The summed E-state index contributed by atoms with van der Waals surface area (Å²) in [6.45, 7) is 7.37. The van der Waals surface area contributed by atoms with E-state index in [-0.39, 0.29) is 5.91 Å². The van der Waals surface area contributed by atoms with Gasteiger partial charge in [-0.3, -0.25) is 4.79 Å². The van der Waals surface area contributed by atoms with Crippen molar-refractivity contribution in [1.82, 2.24) is 5.32 Å². The second kappa shape index (κ2) is 8.26. The monoisotopic (exact) mass is 342 g/mol. The number of nitrogens with one attached hydrogen (secondary N) is 1. The lowest BCUT2D eigenvalue weighted by Crippen LogP contribution is -2.42. The van der Waals surface area contributed by atoms with Gasteiger partial charge in [0, 0.05) is 5.02 Å². The molecule has 0 aliphatic rings. The summed E-state index contributed by atoms with van der Waals surface area (Å²) in [7, 11) is 0. The number of hydrogen-bond acceptors (Lipinski definition) is 3. The van der Waals surface area contributed by atoms with Crippen LogP contribution >= 0.6 is 23.2 Å². The average Bonchev–Trinajstić information content (AvgIpc) is 2.46. The summed E-state index contributed by atoms with van der Waals surface area (Å²) in [6.07, 6.45) is -0.170. The fourth-order valence-corrected chi connectivity index (χ4v) is 2.29. The fourth-order valence-electron chi connectivity index (χ4n) is 1.88. The highest BCUT2D eigenvalue weighted by Crippen LogP contribution is 2.33. The van der Waals surface area contributed by atoms with E-state index in [4.69, 9.17) is 33.2 Å². The van der Waals surface area contributed by atoms with E-state index in [0.717, 1.165) is 0 Å². The molecule has 0 spiro atoms. The highest BCUT2D eigenvalue weighted by Gasteiger charge is 2.21. The van der Waals surface area contributed by atoms with E-state index in [0.29, 0.717) is 33.7 Å². The zero-order chi connectivity index (χ0) is 16.9. The minimum absolute atomic E-state index is 0.314. The molecule has 22 heavy (non-hydrogen) atoms. The molecule has 1 aromatic rings. The molecule has 1 amide bonds. The molecule has 0 radical (unpaired) electrons. The van der Waals surface area contributed by atoms with Crippen molar-refractivity contribution in [1.29, 1.82) is 5.26 Å². The Kier molecular flexibility index (Phi) is 6.99. The number of rotatable bonds is 6. The van der Waals surface area contributed by atoms with Crippen molar-refractivity contribution in [3.8, 4) is 11.8 Å². The predicted octanol–water partition coefficient (Wildman–Crippen LogP) is 4.12. The van der Waals surface area contributed by atoms with Crippen molar-refractivity contribution in [2.45, 2.75) is 46.3 Å². The molecular weight excluding hydrogens is 323 g/mol. The predicted molar refractivity (Wildman–Crippen MR) is 88.3 cm³/mol. The van der Waals surface area contributed by atoms with Gasteiger partial charge in [-0.25, -0.2) is 0 Å². The number of carbonyl (C=O) groups is 1. The zero-order valence-electron chi connectivity index (χ0n) is 13.1. The molecule has 1 aromatic carbocycles. The molecule has 4 nitrogen and oxygen atoms in total. The summed E-state index contributed by atoms with van der Waals surface area (Å²) >= 11 is 12.1. The van der Waals surface area contributed by atoms with E-state index >= 15 is 0 Å². The molecule has 1 rings (SSSR count). The number of benzene rings is 1. The van der Waals surface area contributed by atoms with Gasteiger partial charge in [-0.1, -0.05) is 37.0 Å². The maximum Gasteiger partial charge on any atom is 0.261 e. The van der Waals surface area contributed by atoms with E-state index < -0.39 is 12.1 Å². The van der Waals surface area contributed by atoms with E-state index in [1.165, 1.54) is 0 Å². The number of halogens is 2. The highest BCUT2D eigenvalue weighted by atomic mass is 35.5. The van der Waals surface area contributed by atoms with Gasteiger partial charge in [0.1, 0.15) is 11.8 Å². The van der Waals surface area contributed by atoms with Gasteiger partial charge >= 0.3 is 0 Å². The summed E-state index contributed by atoms with van der Waals surface area (Å²) in [6, 6.07) is 4.84. The van der Waals surface area contributed by atoms with E-state index in [1.54, 1.807) is 26.0 Å². The van der Waals surface area contributed by atoms with Crippen LogP contribution in [0.4, 0.5) is 0 Å². The molecule has 2 unspecified atom stereocenters. The Hall–Kier alpha value is -1.44. The minimum Gasteiger partial charge on any atom is -0.479 e. The lowest BCUT2D eigenvalue weighted by molar-refractivity contribution is -0.127. The molecule has 0 fully saturated rings. The molecule has 0 bridgehead atoms. The third-order valence-corrected chi connectivity index (χ3v) is 4.02. The van der Waals surface area contributed by atoms with Gasteiger partial charge < -0.3 is 10.1 Å². The van der Waals surface area contributed by atoms with Gasteiger partial charge in [-0.15, -0.1) is 0 Å². The maximum absolute atomic E-state index is 12.1. The summed E-state index contributed by atoms with van der Waals surface area (Å²) in [5, 5.41) is 12.7. The Morgan fingerprint density at radius 1 is 1.36 bits per heavy atom. The van der Waals surface area contributed by atoms with Crippen molar-refractivity contribution < 1.29 is 9.53 Å². The summed E-state index contributed by atoms with van der Waals surface area (Å²) < 4.78 is 5.58. The lowest BCUT2D eigenvalue weighted by atomic mass is 10.0. The molecule has 0 aromatic heterocycles. The van der Waals surface area contributed by atoms with Crippen LogP contribution in [0.3, 0.4) is 0 Å². The largest absolute Gasteiger partial charge is 0.479 e. The molecule has 6 heteroatoms. The van der Waals surface area contributed by atoms with Crippen LogP contribution in [0.2, 0.25) is 10.0 Å². The standard InChI is InChI=1S/C16H20Cl2N2O2/c1-9(2)7-12(8-19)20-16(21)11(4)22-14-6-5-13(17)10(3)15(14)18/h5-6,9,11-12H,7H2,1-4H3,(H,20,21). The Morgan fingerprint density at radius 2 is 2.00 bits per heavy atom. The fraction of sp³-hybridized carbons (Fsp3) is 0.500. The molecule has 0 saturated heterocycles. The van der Waals surface area contributed by atoms with Gasteiger partial charge in [0.05, 0.1) is 11.1 Å². The van der Waals surface area contributed by atoms with Gasteiger partial charge in [0.15, 0.2) is 6.10 Å². The minimum atomic E-state index is -0.763. The Bertz CT molecular complexity index is 582. The van der Waals surface area contributed by atoms with E-state index in [1.807, 2.05) is 13.8 Å². The molecule has 2 atom stereocenters. The SMILES string of the molecule is Cc1c(Cl)ccc(OC(C)C(=O)NC(C#N)CC(C)C)c1Cl.